The van der Waals surface area contributed by atoms with E-state index in [9.17, 15) is 4.79 Å². The number of ether oxygens (including phenoxy) is 1. The van der Waals surface area contributed by atoms with Crippen molar-refractivity contribution in [1.82, 2.24) is 10.2 Å². The molecule has 1 unspecified atom stereocenters. The highest BCUT2D eigenvalue weighted by Gasteiger charge is 2.14. The number of nitrogens with zero attached hydrogens (tertiary/aromatic N) is 1. The van der Waals surface area contributed by atoms with E-state index in [1.54, 1.807) is 13.3 Å². The summed E-state index contributed by atoms with van der Waals surface area (Å²) in [5, 5.41) is 9.20. The molecule has 0 aliphatic rings. The number of hydrogen-bond acceptors (Lipinski definition) is 4. The Bertz CT molecular complexity index is 337. The zero-order valence-electron chi connectivity index (χ0n) is 9.62. The van der Waals surface area contributed by atoms with Crippen LogP contribution in [0.4, 0.5) is 5.82 Å². The Labute approximate surface area is 94.5 Å². The number of anilines is 1. The first kappa shape index (κ1) is 12.7. The summed E-state index contributed by atoms with van der Waals surface area (Å²) in [5.41, 5.74) is 6.61. The predicted molar refractivity (Wildman–Crippen MR) is 61.0 cm³/mol. The molecule has 0 aromatic carbocycles. The Hall–Kier alpha value is -1.40. The second kappa shape index (κ2) is 6.24. The molecule has 4 N–H and O–H groups in total. The number of nitrogens with one attached hydrogen (secondary N) is 2. The van der Waals surface area contributed by atoms with Gasteiger partial charge in [0, 0.05) is 19.3 Å². The van der Waals surface area contributed by atoms with E-state index in [2.05, 4.69) is 15.5 Å². The monoisotopic (exact) mass is 226 g/mol. The van der Waals surface area contributed by atoms with Gasteiger partial charge in [0.05, 0.1) is 12.2 Å². The fourth-order valence-electron chi connectivity index (χ4n) is 1.27. The third-order valence-corrected chi connectivity index (χ3v) is 2.28. The molecule has 1 atom stereocenters. The molecule has 16 heavy (non-hydrogen) atoms. The van der Waals surface area contributed by atoms with Crippen LogP contribution in [0.15, 0.2) is 6.20 Å². The Morgan fingerprint density at radius 1 is 1.75 bits per heavy atom. The number of aryl methyl sites for hydroxylation is 1. The van der Waals surface area contributed by atoms with E-state index in [1.165, 1.54) is 0 Å². The fraction of sp³-hybridized carbons (Fsp3) is 0.600. The lowest BCUT2D eigenvalue weighted by Gasteiger charge is -2.11. The molecule has 1 aromatic rings. The minimum atomic E-state index is -0.516. The molecule has 0 spiro atoms. The van der Waals surface area contributed by atoms with Gasteiger partial charge < -0.3 is 15.8 Å². The molecular weight excluding hydrogens is 208 g/mol. The number of rotatable bonds is 6. The van der Waals surface area contributed by atoms with Gasteiger partial charge in [-0.3, -0.25) is 9.89 Å². The average molecular weight is 226 g/mol. The number of H-pyrrole nitrogens is 1. The van der Waals surface area contributed by atoms with Gasteiger partial charge in [-0.05, 0) is 19.8 Å². The van der Waals surface area contributed by atoms with Crippen LogP contribution < -0.4 is 11.1 Å². The van der Waals surface area contributed by atoms with Crippen LogP contribution in [0.5, 0.6) is 0 Å². The van der Waals surface area contributed by atoms with Crippen molar-refractivity contribution in [1.29, 1.82) is 0 Å². The van der Waals surface area contributed by atoms with E-state index in [0.29, 0.717) is 18.8 Å². The summed E-state index contributed by atoms with van der Waals surface area (Å²) in [5.74, 6) is 0.399. The average Bonchev–Trinajstić information content (AvgIpc) is 2.64. The standard InChI is InChI=1S/C10H18N4O2/c1-7-6-12-14-9(7)13-10(15)8(11)4-3-5-16-2/h6,8H,3-5,11H2,1-2H3,(H2,12,13,14,15). The number of amides is 1. The van der Waals surface area contributed by atoms with E-state index >= 15 is 0 Å². The molecule has 1 amide bonds. The lowest BCUT2D eigenvalue weighted by Crippen LogP contribution is -2.36. The third-order valence-electron chi connectivity index (χ3n) is 2.28. The van der Waals surface area contributed by atoms with Crippen LogP contribution in [0.3, 0.4) is 0 Å². The van der Waals surface area contributed by atoms with Crippen molar-refractivity contribution < 1.29 is 9.53 Å². The van der Waals surface area contributed by atoms with Crippen LogP contribution in [-0.2, 0) is 9.53 Å². The molecule has 1 rings (SSSR count). The summed E-state index contributed by atoms with van der Waals surface area (Å²) in [6, 6.07) is -0.516. The summed E-state index contributed by atoms with van der Waals surface area (Å²) in [4.78, 5) is 11.6. The van der Waals surface area contributed by atoms with Crippen LogP contribution in [0.25, 0.3) is 0 Å². The Balaban J connectivity index is 2.37. The zero-order valence-corrected chi connectivity index (χ0v) is 9.62. The lowest BCUT2D eigenvalue weighted by molar-refractivity contribution is -0.117. The van der Waals surface area contributed by atoms with Crippen LogP contribution in [-0.4, -0.2) is 35.9 Å². The summed E-state index contributed by atoms with van der Waals surface area (Å²) >= 11 is 0. The summed E-state index contributed by atoms with van der Waals surface area (Å²) in [6.07, 6.45) is 3.02. The normalized spacial score (nSPS) is 12.4. The summed E-state index contributed by atoms with van der Waals surface area (Å²) < 4.78 is 4.89. The van der Waals surface area contributed by atoms with Gasteiger partial charge in [0.1, 0.15) is 5.82 Å². The highest BCUT2D eigenvalue weighted by Crippen LogP contribution is 2.09. The second-order valence-corrected chi connectivity index (χ2v) is 3.66. The molecular formula is C10H18N4O2. The topological polar surface area (TPSA) is 93.0 Å². The first-order valence-corrected chi connectivity index (χ1v) is 5.20. The lowest BCUT2D eigenvalue weighted by atomic mass is 10.1. The summed E-state index contributed by atoms with van der Waals surface area (Å²) in [6.45, 7) is 2.47. The number of aromatic amines is 1. The molecule has 0 fully saturated rings. The van der Waals surface area contributed by atoms with E-state index < -0.39 is 6.04 Å². The first-order chi connectivity index (χ1) is 7.65. The van der Waals surface area contributed by atoms with Gasteiger partial charge in [0.15, 0.2) is 0 Å². The third kappa shape index (κ3) is 3.63. The molecule has 1 aromatic heterocycles. The Kier molecular flexibility index (Phi) is 4.94. The van der Waals surface area contributed by atoms with Gasteiger partial charge in [0.25, 0.3) is 0 Å². The van der Waals surface area contributed by atoms with E-state index in [0.717, 1.165) is 12.0 Å². The number of methoxy groups -OCH3 is 1. The van der Waals surface area contributed by atoms with Gasteiger partial charge in [-0.2, -0.15) is 5.10 Å². The number of hydrogen-bond donors (Lipinski definition) is 3. The molecule has 6 nitrogen and oxygen atoms in total. The number of aromatic nitrogens is 2. The molecule has 6 heteroatoms. The predicted octanol–water partition coefficient (Wildman–Crippen LogP) is 0.411. The maximum atomic E-state index is 11.6. The van der Waals surface area contributed by atoms with Crippen molar-refractivity contribution in [2.75, 3.05) is 19.0 Å². The quantitative estimate of drug-likeness (QED) is 0.612. The van der Waals surface area contributed by atoms with Crippen molar-refractivity contribution in [2.24, 2.45) is 5.73 Å². The number of carbonyl (C=O) groups excluding carboxylic acids is 1. The molecule has 0 radical (unpaired) electrons. The van der Waals surface area contributed by atoms with Gasteiger partial charge in [-0.1, -0.05) is 0 Å². The molecule has 0 bridgehead atoms. The van der Waals surface area contributed by atoms with Crippen molar-refractivity contribution in [3.63, 3.8) is 0 Å². The first-order valence-electron chi connectivity index (χ1n) is 5.20. The fourth-order valence-corrected chi connectivity index (χ4v) is 1.27. The highest BCUT2D eigenvalue weighted by atomic mass is 16.5. The second-order valence-electron chi connectivity index (χ2n) is 3.66. The van der Waals surface area contributed by atoms with E-state index in [4.69, 9.17) is 10.5 Å². The molecule has 0 aliphatic heterocycles. The molecule has 90 valence electrons. The number of nitrogens with two attached hydrogens (primary N) is 1. The SMILES string of the molecule is COCCCC(N)C(=O)Nc1[nH]ncc1C. The van der Waals surface area contributed by atoms with Gasteiger partial charge in [-0.15, -0.1) is 0 Å². The maximum Gasteiger partial charge on any atom is 0.242 e. The van der Waals surface area contributed by atoms with Crippen LogP contribution in [0, 0.1) is 6.92 Å². The minimum absolute atomic E-state index is 0.205. The van der Waals surface area contributed by atoms with E-state index in [-0.39, 0.29) is 5.91 Å². The van der Waals surface area contributed by atoms with Crippen LogP contribution in [0.1, 0.15) is 18.4 Å². The molecule has 0 aliphatic carbocycles. The van der Waals surface area contributed by atoms with Gasteiger partial charge in [-0.25, -0.2) is 0 Å². The minimum Gasteiger partial charge on any atom is -0.385 e. The Morgan fingerprint density at radius 3 is 3.06 bits per heavy atom. The van der Waals surface area contributed by atoms with Crippen molar-refractivity contribution in [3.8, 4) is 0 Å². The van der Waals surface area contributed by atoms with Crippen LogP contribution >= 0.6 is 0 Å². The van der Waals surface area contributed by atoms with Gasteiger partial charge >= 0.3 is 0 Å². The zero-order chi connectivity index (χ0) is 12.0. The molecule has 1 heterocycles. The smallest absolute Gasteiger partial charge is 0.242 e. The number of carbonyl (C=O) groups is 1. The van der Waals surface area contributed by atoms with Crippen molar-refractivity contribution in [3.05, 3.63) is 11.8 Å². The largest absolute Gasteiger partial charge is 0.385 e. The Morgan fingerprint density at radius 2 is 2.50 bits per heavy atom. The van der Waals surface area contributed by atoms with Gasteiger partial charge in [0.2, 0.25) is 5.91 Å². The van der Waals surface area contributed by atoms with Crippen LogP contribution in [0.2, 0.25) is 0 Å². The van der Waals surface area contributed by atoms with Crippen molar-refractivity contribution in [2.45, 2.75) is 25.8 Å². The van der Waals surface area contributed by atoms with E-state index in [1.807, 2.05) is 6.92 Å². The molecule has 0 saturated carbocycles. The summed E-state index contributed by atoms with van der Waals surface area (Å²) in [7, 11) is 1.62. The molecule has 0 saturated heterocycles. The van der Waals surface area contributed by atoms with Crippen molar-refractivity contribution >= 4 is 11.7 Å². The maximum absolute atomic E-state index is 11.6. The highest BCUT2D eigenvalue weighted by molar-refractivity contribution is 5.94.